The lowest BCUT2D eigenvalue weighted by molar-refractivity contribution is -0.252. The predicted octanol–water partition coefficient (Wildman–Crippen LogP) is 4.50. The van der Waals surface area contributed by atoms with Crippen LogP contribution in [0.25, 0.3) is 0 Å². The van der Waals surface area contributed by atoms with E-state index in [0.717, 1.165) is 25.7 Å². The van der Waals surface area contributed by atoms with Gasteiger partial charge in [-0.25, -0.2) is 0 Å². The molecule has 1 unspecified atom stereocenters. The Balaban J connectivity index is 0.000000365. The zero-order valence-corrected chi connectivity index (χ0v) is 30.7. The average Bonchev–Trinajstić information content (AvgIpc) is 3.19. The summed E-state index contributed by atoms with van der Waals surface area (Å²) in [6, 6.07) is 59.3. The number of benzene rings is 6. The van der Waals surface area contributed by atoms with E-state index in [1.165, 1.54) is 54.1 Å². The molecule has 6 aromatic carbocycles. The number of hydrogen-bond acceptors (Lipinski definition) is 5. The second-order valence-electron chi connectivity index (χ2n) is 13.2. The Labute approximate surface area is 308 Å². The van der Waals surface area contributed by atoms with Crippen molar-refractivity contribution in [3.8, 4) is 0 Å². The van der Waals surface area contributed by atoms with E-state index in [0.29, 0.717) is 0 Å². The van der Waals surface area contributed by atoms with E-state index in [1.807, 2.05) is 0 Å². The van der Waals surface area contributed by atoms with Crippen molar-refractivity contribution in [2.45, 2.75) is 50.3 Å². The molecule has 5 nitrogen and oxygen atoms in total. The maximum atomic E-state index is 8.88. The molecule has 6 aromatic rings. The average molecular weight is 727 g/mol. The quantitative estimate of drug-likeness (QED) is 0.190. The van der Waals surface area contributed by atoms with E-state index in [1.54, 1.807) is 0 Å². The molecule has 0 aromatic heterocycles. The van der Waals surface area contributed by atoms with Gasteiger partial charge in [-0.15, -0.1) is 0 Å². The van der Waals surface area contributed by atoms with Crippen LogP contribution in [-0.4, -0.2) is 51.6 Å². The smallest absolute Gasteiger partial charge is 0.183 e. The number of aryl methyl sites for hydroxylation is 4. The Hall–Kier alpha value is -4.02. The summed E-state index contributed by atoms with van der Waals surface area (Å²) in [6.07, 6.45) is -1.06. The van der Waals surface area contributed by atoms with E-state index < -0.39 is 40.4 Å². The second-order valence-corrected chi connectivity index (χ2v) is 17.6. The Kier molecular flexibility index (Phi) is 12.0. The summed E-state index contributed by atoms with van der Waals surface area (Å²) in [4.78, 5) is 0. The monoisotopic (exact) mass is 726 g/mol. The lowest BCUT2D eigenvalue weighted by Gasteiger charge is -2.31. The molecule has 52 heavy (non-hydrogen) atoms. The van der Waals surface area contributed by atoms with Gasteiger partial charge in [0.2, 0.25) is 0 Å². The molecule has 11 rings (SSSR count). The van der Waals surface area contributed by atoms with Crippen LogP contribution in [0.2, 0.25) is 0 Å². The topological polar surface area (TPSA) is 90.2 Å². The van der Waals surface area contributed by atoms with Crippen molar-refractivity contribution in [1.29, 1.82) is 0 Å². The zero-order chi connectivity index (χ0) is 35.9. The highest BCUT2D eigenvalue weighted by Crippen LogP contribution is 2.37. The van der Waals surface area contributed by atoms with Crippen molar-refractivity contribution in [2.75, 3.05) is 6.61 Å². The van der Waals surface area contributed by atoms with Crippen LogP contribution >= 0.6 is 15.8 Å². The Morgan fingerprint density at radius 1 is 0.423 bits per heavy atom. The fourth-order valence-corrected chi connectivity index (χ4v) is 12.0. The predicted molar refractivity (Wildman–Crippen MR) is 215 cm³/mol. The van der Waals surface area contributed by atoms with Gasteiger partial charge in [-0.3, -0.25) is 0 Å². The van der Waals surface area contributed by atoms with Gasteiger partial charge in [0, 0.05) is 0 Å². The van der Waals surface area contributed by atoms with Crippen molar-refractivity contribution in [3.05, 3.63) is 180 Å². The molecule has 0 spiro atoms. The molecule has 7 heteroatoms. The van der Waals surface area contributed by atoms with Crippen molar-refractivity contribution in [3.63, 3.8) is 0 Å². The van der Waals surface area contributed by atoms with Gasteiger partial charge in [-0.1, -0.05) is 158 Å². The minimum Gasteiger partial charge on any atom is -0.388 e. The molecule has 4 N–H and O–H groups in total. The summed E-state index contributed by atoms with van der Waals surface area (Å²) < 4.78 is 4.47. The van der Waals surface area contributed by atoms with Gasteiger partial charge in [0.1, 0.15) is 18.3 Å². The minimum atomic E-state index is -1.41. The van der Waals surface area contributed by atoms with Crippen LogP contribution < -0.4 is 31.8 Å². The molecule has 1 fully saturated rings. The number of ether oxygens (including phenoxy) is 1. The lowest BCUT2D eigenvalue weighted by atomic mass is 9.96. The molecule has 0 saturated carbocycles. The summed E-state index contributed by atoms with van der Waals surface area (Å²) in [6.45, 7) is -0.153. The molecule has 0 radical (unpaired) electrons. The van der Waals surface area contributed by atoms with Crippen LogP contribution in [-0.2, 0) is 30.4 Å². The number of aliphatic hydroxyl groups excluding tert-OH is 4. The summed E-state index contributed by atoms with van der Waals surface area (Å²) in [5.41, 5.74) is 5.84. The van der Waals surface area contributed by atoms with Crippen LogP contribution in [0.15, 0.2) is 158 Å². The SMILES string of the molecule is OC1OC[C@@H](O)[C@H](O)[C@H]1O.c1ccc(P(c2ccccc2)c2cc3ccc2CCc2ccc(c(P(c4ccccc4)c4ccccc4)c2)CC3)cc1. The van der Waals surface area contributed by atoms with Crippen LogP contribution in [0.1, 0.15) is 22.3 Å². The second kappa shape index (κ2) is 17.2. The first-order valence-electron chi connectivity index (χ1n) is 17.8. The lowest BCUT2D eigenvalue weighted by Crippen LogP contribution is -2.52. The van der Waals surface area contributed by atoms with E-state index in [2.05, 4.69) is 162 Å². The highest BCUT2D eigenvalue weighted by molar-refractivity contribution is 7.80. The normalized spacial score (nSPS) is 19.8. The first kappa shape index (κ1) is 36.3. The molecular weight excluding hydrogens is 682 g/mol. The molecule has 1 aliphatic heterocycles. The van der Waals surface area contributed by atoms with Crippen molar-refractivity contribution >= 4 is 47.7 Å². The Morgan fingerprint density at radius 3 is 1.13 bits per heavy atom. The van der Waals surface area contributed by atoms with Crippen molar-refractivity contribution in [1.82, 2.24) is 0 Å². The third kappa shape index (κ3) is 8.44. The molecule has 0 amide bonds. The molecule has 1 saturated heterocycles. The molecule has 264 valence electrons. The van der Waals surface area contributed by atoms with Crippen LogP contribution in [0.5, 0.6) is 0 Å². The summed E-state index contributed by atoms with van der Waals surface area (Å²) in [7, 11) is -1.26. The fraction of sp³-hybridized carbons (Fsp3) is 0.200. The third-order valence-electron chi connectivity index (χ3n) is 9.68. The van der Waals surface area contributed by atoms with Crippen LogP contribution in [0, 0.1) is 0 Å². The molecule has 4 aliphatic carbocycles. The first-order valence-corrected chi connectivity index (χ1v) is 20.5. The first-order chi connectivity index (χ1) is 25.5. The van der Waals surface area contributed by atoms with Crippen molar-refractivity contribution < 1.29 is 25.2 Å². The van der Waals surface area contributed by atoms with E-state index in [-0.39, 0.29) is 6.61 Å². The third-order valence-corrected chi connectivity index (χ3v) is 14.7. The molecule has 4 atom stereocenters. The van der Waals surface area contributed by atoms with E-state index in [9.17, 15) is 0 Å². The maximum Gasteiger partial charge on any atom is 0.183 e. The molecule has 4 bridgehead atoms. The highest BCUT2D eigenvalue weighted by atomic mass is 31.1. The number of rotatable bonds is 6. The van der Waals surface area contributed by atoms with Gasteiger partial charge in [0.25, 0.3) is 0 Å². The van der Waals surface area contributed by atoms with E-state index in [4.69, 9.17) is 20.4 Å². The largest absolute Gasteiger partial charge is 0.388 e. The van der Waals surface area contributed by atoms with Crippen LogP contribution in [0.4, 0.5) is 0 Å². The summed E-state index contributed by atoms with van der Waals surface area (Å²) in [5, 5.41) is 44.0. The number of hydrogen-bond donors (Lipinski definition) is 4. The molecule has 1 heterocycles. The molecule has 5 aliphatic rings. The fourth-order valence-electron chi connectivity index (χ4n) is 6.88. The Morgan fingerprint density at radius 2 is 0.788 bits per heavy atom. The number of aliphatic hydroxyl groups is 4. The summed E-state index contributed by atoms with van der Waals surface area (Å²) in [5.74, 6) is 0. The minimum absolute atomic E-state index is 0.153. The van der Waals surface area contributed by atoms with Gasteiger partial charge < -0.3 is 25.2 Å². The maximum absolute atomic E-state index is 8.88. The van der Waals surface area contributed by atoms with Gasteiger partial charge in [0.05, 0.1) is 6.61 Å². The van der Waals surface area contributed by atoms with Crippen LogP contribution in [0.3, 0.4) is 0 Å². The molecular formula is C45H44O5P2. The van der Waals surface area contributed by atoms with Gasteiger partial charge in [-0.05, 0) is 95.6 Å². The van der Waals surface area contributed by atoms with E-state index >= 15 is 0 Å². The zero-order valence-electron chi connectivity index (χ0n) is 28.9. The van der Waals surface area contributed by atoms with Crippen molar-refractivity contribution in [2.24, 2.45) is 0 Å². The standard InChI is InChI=1S/C40H34P2.C5H10O5/c1-5-13-35(14-6-1)41(36-15-7-2-8-16-36)39-29-31-21-25-33(39)27-23-32-22-26-34(28-24-31)40(30-32)42(37-17-9-3-10-18-37)38-19-11-4-12-20-38;6-2-1-10-5(9)4(8)3(2)7/h1-22,25-26,29-30H,23-24,27-28H2;2-9H,1H2/t;2-,3+,4-,5?/m.1/s1. The van der Waals surface area contributed by atoms with Gasteiger partial charge in [0.15, 0.2) is 6.29 Å². The summed E-state index contributed by atoms with van der Waals surface area (Å²) >= 11 is 0. The van der Waals surface area contributed by atoms with Gasteiger partial charge in [-0.2, -0.15) is 0 Å². The van der Waals surface area contributed by atoms with Gasteiger partial charge >= 0.3 is 0 Å². The Bertz CT molecular complexity index is 1800. The highest BCUT2D eigenvalue weighted by Gasteiger charge is 2.36.